The maximum atomic E-state index is 5.92. The molecule has 3 heteroatoms. The quantitative estimate of drug-likeness (QED) is 0.671. The van der Waals surface area contributed by atoms with Crippen LogP contribution in [-0.2, 0) is 19.4 Å². The van der Waals surface area contributed by atoms with Crippen molar-refractivity contribution in [1.82, 2.24) is 4.90 Å². The molecular weight excluding hydrogens is 346 g/mol. The molecule has 1 aliphatic carbocycles. The number of rotatable bonds is 6. The number of hydrogen-bond acceptors (Lipinski definition) is 3. The third-order valence-electron chi connectivity index (χ3n) is 6.45. The van der Waals surface area contributed by atoms with Gasteiger partial charge >= 0.3 is 0 Å². The largest absolute Gasteiger partial charge is 0.490 e. The van der Waals surface area contributed by atoms with Crippen LogP contribution in [-0.4, -0.2) is 30.2 Å². The molecule has 0 amide bonds. The van der Waals surface area contributed by atoms with Crippen LogP contribution in [0.1, 0.15) is 56.2 Å². The number of nitrogens with zero attached hydrogens (tertiary/aromatic N) is 1. The lowest BCUT2D eigenvalue weighted by atomic mass is 9.72. The van der Waals surface area contributed by atoms with E-state index in [0.29, 0.717) is 13.2 Å². The van der Waals surface area contributed by atoms with E-state index < -0.39 is 0 Å². The van der Waals surface area contributed by atoms with Crippen molar-refractivity contribution < 1.29 is 9.47 Å². The average Bonchev–Trinajstić information content (AvgIpc) is 2.72. The summed E-state index contributed by atoms with van der Waals surface area (Å²) in [5.74, 6) is 1.81. The minimum absolute atomic E-state index is 0.289. The van der Waals surface area contributed by atoms with E-state index >= 15 is 0 Å². The molecule has 1 unspecified atom stereocenters. The van der Waals surface area contributed by atoms with E-state index in [0.717, 1.165) is 30.9 Å². The van der Waals surface area contributed by atoms with Gasteiger partial charge in [0.2, 0.25) is 0 Å². The van der Waals surface area contributed by atoms with Crippen molar-refractivity contribution in [3.05, 3.63) is 59.2 Å². The molecule has 1 heterocycles. The lowest BCUT2D eigenvalue weighted by Crippen LogP contribution is -2.54. The van der Waals surface area contributed by atoms with Gasteiger partial charge in [0.25, 0.3) is 0 Å². The van der Waals surface area contributed by atoms with Gasteiger partial charge in [0.1, 0.15) is 0 Å². The Morgan fingerprint density at radius 2 is 1.61 bits per heavy atom. The zero-order valence-corrected chi connectivity index (χ0v) is 17.4. The predicted octanol–water partition coefficient (Wildman–Crippen LogP) is 5.40. The second-order valence-electron chi connectivity index (χ2n) is 8.20. The highest BCUT2D eigenvalue weighted by Gasteiger charge is 2.41. The Morgan fingerprint density at radius 1 is 0.893 bits per heavy atom. The van der Waals surface area contributed by atoms with Crippen LogP contribution < -0.4 is 9.47 Å². The molecule has 2 aromatic rings. The predicted molar refractivity (Wildman–Crippen MR) is 114 cm³/mol. The Balaban J connectivity index is 1.62. The fourth-order valence-corrected chi connectivity index (χ4v) is 5.07. The van der Waals surface area contributed by atoms with Crippen LogP contribution in [0.2, 0.25) is 0 Å². The Bertz CT molecular complexity index is 789. The molecule has 1 saturated heterocycles. The molecule has 2 aliphatic rings. The first-order valence-electron chi connectivity index (χ1n) is 10.9. The van der Waals surface area contributed by atoms with Crippen molar-refractivity contribution in [3.8, 4) is 11.5 Å². The summed E-state index contributed by atoms with van der Waals surface area (Å²) in [4.78, 5) is 2.77. The molecule has 150 valence electrons. The standard InChI is InChI=1S/C25H33NO2/c1-3-27-23-16-21-12-14-25(18-22(21)17-24(23)28-4-2)13-8-9-15-26(25)19-20-10-6-5-7-11-20/h5-7,10-11,16-17H,3-4,8-9,12-15,18-19H2,1-2H3. The van der Waals surface area contributed by atoms with Crippen LogP contribution in [0.5, 0.6) is 11.5 Å². The van der Waals surface area contributed by atoms with Gasteiger partial charge < -0.3 is 9.47 Å². The number of fused-ring (bicyclic) bond motifs is 1. The Kier molecular flexibility index (Phi) is 5.91. The molecule has 2 aromatic carbocycles. The second-order valence-corrected chi connectivity index (χ2v) is 8.20. The summed E-state index contributed by atoms with van der Waals surface area (Å²) in [6.07, 6.45) is 7.46. The first-order valence-corrected chi connectivity index (χ1v) is 10.9. The lowest BCUT2D eigenvalue weighted by Gasteiger charge is -2.50. The zero-order valence-electron chi connectivity index (χ0n) is 17.4. The summed E-state index contributed by atoms with van der Waals surface area (Å²) < 4.78 is 11.8. The van der Waals surface area contributed by atoms with Crippen molar-refractivity contribution in [2.75, 3.05) is 19.8 Å². The van der Waals surface area contributed by atoms with Gasteiger partial charge in [0.05, 0.1) is 13.2 Å². The molecular formula is C25H33NO2. The number of ether oxygens (including phenoxy) is 2. The Hall–Kier alpha value is -2.00. The molecule has 1 spiro atoms. The number of piperidine rings is 1. The molecule has 0 bridgehead atoms. The summed E-state index contributed by atoms with van der Waals surface area (Å²) in [6, 6.07) is 15.5. The summed E-state index contributed by atoms with van der Waals surface area (Å²) >= 11 is 0. The first-order chi connectivity index (χ1) is 13.7. The topological polar surface area (TPSA) is 21.7 Å². The highest BCUT2D eigenvalue weighted by atomic mass is 16.5. The van der Waals surface area contributed by atoms with E-state index in [1.54, 1.807) is 0 Å². The summed E-state index contributed by atoms with van der Waals surface area (Å²) in [7, 11) is 0. The molecule has 0 N–H and O–H groups in total. The lowest BCUT2D eigenvalue weighted by molar-refractivity contribution is 0.0266. The summed E-state index contributed by atoms with van der Waals surface area (Å²) in [5, 5.41) is 0. The number of likely N-dealkylation sites (tertiary alicyclic amines) is 1. The Morgan fingerprint density at radius 3 is 2.32 bits per heavy atom. The average molecular weight is 380 g/mol. The second kappa shape index (κ2) is 8.57. The maximum Gasteiger partial charge on any atom is 0.161 e. The molecule has 4 rings (SSSR count). The molecule has 3 nitrogen and oxygen atoms in total. The third-order valence-corrected chi connectivity index (χ3v) is 6.45. The van der Waals surface area contributed by atoms with Crippen LogP contribution in [0, 0.1) is 0 Å². The van der Waals surface area contributed by atoms with Crippen molar-refractivity contribution in [1.29, 1.82) is 0 Å². The molecule has 1 aliphatic heterocycles. The molecule has 1 atom stereocenters. The van der Waals surface area contributed by atoms with Gasteiger partial charge in [0, 0.05) is 12.1 Å². The van der Waals surface area contributed by atoms with Crippen LogP contribution >= 0.6 is 0 Å². The monoisotopic (exact) mass is 379 g/mol. The highest BCUT2D eigenvalue weighted by molar-refractivity contribution is 5.49. The maximum absolute atomic E-state index is 5.92. The molecule has 1 fully saturated rings. The van der Waals surface area contributed by atoms with E-state index in [9.17, 15) is 0 Å². The minimum atomic E-state index is 0.289. The summed E-state index contributed by atoms with van der Waals surface area (Å²) in [6.45, 7) is 7.69. The normalized spacial score (nSPS) is 22.1. The molecule has 0 radical (unpaired) electrons. The van der Waals surface area contributed by atoms with Gasteiger partial charge in [-0.25, -0.2) is 0 Å². The van der Waals surface area contributed by atoms with Crippen molar-refractivity contribution >= 4 is 0 Å². The SMILES string of the molecule is CCOc1cc2c(cc1OCC)CC1(CCCCN1Cc1ccccc1)CC2. The molecule has 28 heavy (non-hydrogen) atoms. The summed E-state index contributed by atoms with van der Waals surface area (Å²) in [5.41, 5.74) is 4.62. The van der Waals surface area contributed by atoms with Gasteiger partial charge in [-0.1, -0.05) is 36.8 Å². The van der Waals surface area contributed by atoms with Gasteiger partial charge in [-0.05, 0) is 81.3 Å². The first kappa shape index (κ1) is 19.3. The van der Waals surface area contributed by atoms with Crippen LogP contribution in [0.3, 0.4) is 0 Å². The third kappa shape index (κ3) is 3.91. The van der Waals surface area contributed by atoms with E-state index in [-0.39, 0.29) is 5.54 Å². The van der Waals surface area contributed by atoms with E-state index in [4.69, 9.17) is 9.47 Å². The number of benzene rings is 2. The molecule has 0 saturated carbocycles. The van der Waals surface area contributed by atoms with E-state index in [2.05, 4.69) is 47.4 Å². The smallest absolute Gasteiger partial charge is 0.161 e. The van der Waals surface area contributed by atoms with Crippen molar-refractivity contribution in [2.45, 2.75) is 64.5 Å². The van der Waals surface area contributed by atoms with E-state index in [1.165, 1.54) is 48.9 Å². The zero-order chi connectivity index (χ0) is 19.4. The number of aryl methyl sites for hydroxylation is 1. The van der Waals surface area contributed by atoms with Crippen molar-refractivity contribution in [3.63, 3.8) is 0 Å². The Labute approximate surface area is 169 Å². The van der Waals surface area contributed by atoms with Crippen LogP contribution in [0.4, 0.5) is 0 Å². The molecule has 0 aromatic heterocycles. The fourth-order valence-electron chi connectivity index (χ4n) is 5.07. The van der Waals surface area contributed by atoms with Gasteiger partial charge in [-0.2, -0.15) is 0 Å². The van der Waals surface area contributed by atoms with Gasteiger partial charge in [-0.15, -0.1) is 0 Å². The van der Waals surface area contributed by atoms with Gasteiger partial charge in [-0.3, -0.25) is 4.90 Å². The van der Waals surface area contributed by atoms with Crippen LogP contribution in [0.25, 0.3) is 0 Å². The number of hydrogen-bond donors (Lipinski definition) is 0. The minimum Gasteiger partial charge on any atom is -0.490 e. The highest BCUT2D eigenvalue weighted by Crippen LogP contribution is 2.43. The van der Waals surface area contributed by atoms with Gasteiger partial charge in [0.15, 0.2) is 11.5 Å². The fraction of sp³-hybridized carbons (Fsp3) is 0.520. The van der Waals surface area contributed by atoms with E-state index in [1.807, 2.05) is 13.8 Å². The van der Waals surface area contributed by atoms with Crippen LogP contribution in [0.15, 0.2) is 42.5 Å². The van der Waals surface area contributed by atoms with Crippen molar-refractivity contribution in [2.24, 2.45) is 0 Å².